The second kappa shape index (κ2) is 5.17. The first-order chi connectivity index (χ1) is 8.66. The molecule has 0 unspecified atom stereocenters. The number of fused-ring (bicyclic) bond motifs is 1. The zero-order chi connectivity index (χ0) is 13.1. The average molecular weight is 244 g/mol. The Hall–Kier alpha value is -1.90. The lowest BCUT2D eigenvalue weighted by atomic mass is 9.89. The van der Waals surface area contributed by atoms with E-state index in [1.807, 2.05) is 6.92 Å². The minimum absolute atomic E-state index is 0.114. The van der Waals surface area contributed by atoms with E-state index in [0.29, 0.717) is 23.3 Å². The number of hydrogen-bond donors (Lipinski definition) is 0. The van der Waals surface area contributed by atoms with E-state index in [1.165, 1.54) is 0 Å². The number of rotatable bonds is 4. The maximum absolute atomic E-state index is 12.2. The van der Waals surface area contributed by atoms with Crippen LogP contribution in [0.4, 0.5) is 0 Å². The lowest BCUT2D eigenvalue weighted by molar-refractivity contribution is 0.0869. The smallest absolute Gasteiger partial charge is 0.228 e. The molecule has 0 heterocycles. The van der Waals surface area contributed by atoms with E-state index in [-0.39, 0.29) is 17.3 Å². The molecule has 0 amide bonds. The highest BCUT2D eigenvalue weighted by atomic mass is 16.5. The molecule has 1 aliphatic carbocycles. The van der Waals surface area contributed by atoms with Crippen LogP contribution in [0.3, 0.4) is 0 Å². The van der Waals surface area contributed by atoms with Gasteiger partial charge in [0.1, 0.15) is 0 Å². The van der Waals surface area contributed by atoms with Crippen molar-refractivity contribution in [2.75, 3.05) is 6.61 Å². The quantitative estimate of drug-likeness (QED) is 0.764. The standard InChI is InChI=1S/C15H16O3/c1-3-4-9-18-15-10(2)13(16)11-7-5-6-8-12(11)14(15)17/h5-8H,3-4,9H2,1-2H3. The van der Waals surface area contributed by atoms with Crippen LogP contribution in [0, 0.1) is 0 Å². The molecule has 0 spiro atoms. The van der Waals surface area contributed by atoms with Gasteiger partial charge in [-0.05, 0) is 13.3 Å². The number of allylic oxidation sites excluding steroid dienone is 2. The second-order valence-corrected chi connectivity index (χ2v) is 4.36. The Labute approximate surface area is 106 Å². The maximum Gasteiger partial charge on any atom is 0.228 e. The predicted octanol–water partition coefficient (Wildman–Crippen LogP) is 3.16. The third-order valence-electron chi connectivity index (χ3n) is 3.05. The van der Waals surface area contributed by atoms with E-state index in [2.05, 4.69) is 0 Å². The fourth-order valence-corrected chi connectivity index (χ4v) is 1.97. The molecular formula is C15H16O3. The fourth-order valence-electron chi connectivity index (χ4n) is 1.97. The summed E-state index contributed by atoms with van der Waals surface area (Å²) in [5.74, 6) is -0.0809. The van der Waals surface area contributed by atoms with Crippen LogP contribution in [0.1, 0.15) is 47.4 Å². The molecule has 0 aliphatic heterocycles. The van der Waals surface area contributed by atoms with Gasteiger partial charge in [0.25, 0.3) is 0 Å². The summed E-state index contributed by atoms with van der Waals surface area (Å²) in [5, 5.41) is 0. The summed E-state index contributed by atoms with van der Waals surface area (Å²) in [4.78, 5) is 24.3. The Morgan fingerprint density at radius 2 is 1.67 bits per heavy atom. The number of hydrogen-bond acceptors (Lipinski definition) is 3. The predicted molar refractivity (Wildman–Crippen MR) is 68.7 cm³/mol. The summed E-state index contributed by atoms with van der Waals surface area (Å²) in [6.45, 7) is 4.18. The molecule has 1 aliphatic rings. The summed E-state index contributed by atoms with van der Waals surface area (Å²) in [7, 11) is 0. The Balaban J connectivity index is 2.34. The molecule has 0 fully saturated rings. The molecule has 0 saturated heterocycles. The van der Waals surface area contributed by atoms with E-state index in [4.69, 9.17) is 4.74 Å². The third-order valence-corrected chi connectivity index (χ3v) is 3.05. The van der Waals surface area contributed by atoms with Crippen molar-refractivity contribution in [1.29, 1.82) is 0 Å². The number of unbranched alkanes of at least 4 members (excludes halogenated alkanes) is 1. The molecule has 0 radical (unpaired) electrons. The first-order valence-electron chi connectivity index (χ1n) is 6.19. The first kappa shape index (κ1) is 12.6. The Morgan fingerprint density at radius 3 is 2.28 bits per heavy atom. The minimum atomic E-state index is -0.182. The number of carbonyl (C=O) groups excluding carboxylic acids is 2. The molecule has 2 rings (SSSR count). The lowest BCUT2D eigenvalue weighted by Gasteiger charge is -2.19. The highest BCUT2D eigenvalue weighted by Gasteiger charge is 2.30. The molecule has 94 valence electrons. The number of ether oxygens (including phenoxy) is 1. The van der Waals surface area contributed by atoms with Crippen LogP contribution in [-0.4, -0.2) is 18.2 Å². The second-order valence-electron chi connectivity index (χ2n) is 4.36. The summed E-state index contributed by atoms with van der Waals surface area (Å²) in [5.41, 5.74) is 1.33. The lowest BCUT2D eigenvalue weighted by Crippen LogP contribution is -2.22. The van der Waals surface area contributed by atoms with Gasteiger partial charge < -0.3 is 4.74 Å². The topological polar surface area (TPSA) is 43.4 Å². The fraction of sp³-hybridized carbons (Fsp3) is 0.333. The monoisotopic (exact) mass is 244 g/mol. The molecule has 0 N–H and O–H groups in total. The van der Waals surface area contributed by atoms with Gasteiger partial charge >= 0.3 is 0 Å². The van der Waals surface area contributed by atoms with Crippen molar-refractivity contribution < 1.29 is 14.3 Å². The molecule has 0 saturated carbocycles. The molecule has 0 atom stereocenters. The van der Waals surface area contributed by atoms with E-state index < -0.39 is 0 Å². The zero-order valence-corrected chi connectivity index (χ0v) is 10.7. The highest BCUT2D eigenvalue weighted by Crippen LogP contribution is 2.26. The zero-order valence-electron chi connectivity index (χ0n) is 10.7. The third kappa shape index (κ3) is 2.08. The van der Waals surface area contributed by atoms with E-state index >= 15 is 0 Å². The van der Waals surface area contributed by atoms with Gasteiger partial charge in [-0.25, -0.2) is 0 Å². The maximum atomic E-state index is 12.2. The Bertz CT molecular complexity index is 526. The van der Waals surface area contributed by atoms with Crippen LogP contribution in [0.25, 0.3) is 0 Å². The van der Waals surface area contributed by atoms with Crippen LogP contribution >= 0.6 is 0 Å². The van der Waals surface area contributed by atoms with Crippen molar-refractivity contribution in [2.24, 2.45) is 0 Å². The van der Waals surface area contributed by atoms with E-state index in [0.717, 1.165) is 12.8 Å². The molecule has 1 aromatic rings. The van der Waals surface area contributed by atoms with E-state index in [1.54, 1.807) is 31.2 Å². The van der Waals surface area contributed by atoms with Gasteiger partial charge in [-0.1, -0.05) is 37.6 Å². The number of benzene rings is 1. The van der Waals surface area contributed by atoms with Crippen LogP contribution in [0.5, 0.6) is 0 Å². The van der Waals surface area contributed by atoms with E-state index in [9.17, 15) is 9.59 Å². The average Bonchev–Trinajstić information content (AvgIpc) is 2.40. The van der Waals surface area contributed by atoms with Crippen LogP contribution in [0.2, 0.25) is 0 Å². The van der Waals surface area contributed by atoms with Crippen molar-refractivity contribution in [3.63, 3.8) is 0 Å². The van der Waals surface area contributed by atoms with Gasteiger partial charge in [-0.3, -0.25) is 9.59 Å². The molecular weight excluding hydrogens is 228 g/mol. The Kier molecular flexibility index (Phi) is 3.60. The molecule has 0 bridgehead atoms. The van der Waals surface area contributed by atoms with Gasteiger partial charge in [0.15, 0.2) is 11.5 Å². The van der Waals surface area contributed by atoms with Crippen molar-refractivity contribution in [2.45, 2.75) is 26.7 Å². The summed E-state index contributed by atoms with van der Waals surface area (Å²) in [6, 6.07) is 6.88. The van der Waals surface area contributed by atoms with Gasteiger partial charge in [-0.15, -0.1) is 0 Å². The molecule has 18 heavy (non-hydrogen) atoms. The van der Waals surface area contributed by atoms with Gasteiger partial charge in [0, 0.05) is 16.7 Å². The van der Waals surface area contributed by atoms with Crippen LogP contribution in [0.15, 0.2) is 35.6 Å². The SMILES string of the molecule is CCCCOC1=C(C)C(=O)c2ccccc2C1=O. The van der Waals surface area contributed by atoms with Crippen LogP contribution < -0.4 is 0 Å². The number of carbonyl (C=O) groups is 2. The normalized spacial score (nSPS) is 14.8. The van der Waals surface area contributed by atoms with Gasteiger partial charge in [-0.2, -0.15) is 0 Å². The van der Waals surface area contributed by atoms with Crippen molar-refractivity contribution in [3.05, 3.63) is 46.7 Å². The first-order valence-corrected chi connectivity index (χ1v) is 6.19. The highest BCUT2D eigenvalue weighted by molar-refractivity contribution is 6.25. The molecule has 3 nitrogen and oxygen atoms in total. The number of Topliss-reactive ketones (excluding diaryl/α,β-unsaturated/α-hetero) is 2. The van der Waals surface area contributed by atoms with Crippen LogP contribution in [-0.2, 0) is 4.74 Å². The summed E-state index contributed by atoms with van der Waals surface area (Å²) >= 11 is 0. The summed E-state index contributed by atoms with van der Waals surface area (Å²) < 4.78 is 5.48. The molecule has 3 heteroatoms. The van der Waals surface area contributed by atoms with Crippen molar-refractivity contribution >= 4 is 11.6 Å². The van der Waals surface area contributed by atoms with Crippen molar-refractivity contribution in [1.82, 2.24) is 0 Å². The number of ketones is 2. The molecule has 1 aromatic carbocycles. The van der Waals surface area contributed by atoms with Gasteiger partial charge in [0.05, 0.1) is 6.61 Å². The largest absolute Gasteiger partial charge is 0.489 e. The molecule has 0 aromatic heterocycles. The van der Waals surface area contributed by atoms with Crippen molar-refractivity contribution in [3.8, 4) is 0 Å². The Morgan fingerprint density at radius 1 is 1.06 bits per heavy atom. The minimum Gasteiger partial charge on any atom is -0.489 e. The summed E-state index contributed by atoms with van der Waals surface area (Å²) in [6.07, 6.45) is 1.87. The van der Waals surface area contributed by atoms with Gasteiger partial charge in [0.2, 0.25) is 5.78 Å².